The molecule has 0 radical (unpaired) electrons. The predicted octanol–water partition coefficient (Wildman–Crippen LogP) is 2.02. The number of nitrogens with one attached hydrogen (secondary N) is 1. The Morgan fingerprint density at radius 3 is 2.61 bits per heavy atom. The van der Waals surface area contributed by atoms with Crippen molar-refractivity contribution >= 4 is 23.2 Å². The van der Waals surface area contributed by atoms with E-state index in [1.54, 1.807) is 0 Å². The molecule has 2 N–H and O–H groups in total. The fourth-order valence-corrected chi connectivity index (χ4v) is 3.04. The van der Waals surface area contributed by atoms with Crippen LogP contribution in [0.3, 0.4) is 0 Å². The maximum absolute atomic E-state index is 12.5. The van der Waals surface area contributed by atoms with Gasteiger partial charge in [-0.05, 0) is 18.8 Å². The summed E-state index contributed by atoms with van der Waals surface area (Å²) in [5, 5.41) is 11.5. The first-order valence-corrected chi connectivity index (χ1v) is 7.78. The molecule has 23 heavy (non-hydrogen) atoms. The van der Waals surface area contributed by atoms with E-state index in [1.165, 1.54) is 0 Å². The van der Waals surface area contributed by atoms with Crippen LogP contribution >= 0.6 is 11.3 Å². The van der Waals surface area contributed by atoms with Crippen molar-refractivity contribution in [2.75, 3.05) is 19.8 Å². The van der Waals surface area contributed by atoms with Crippen LogP contribution in [0.15, 0.2) is 5.38 Å². The molecular formula is C13H15F3N2O4S. The smallest absolute Gasteiger partial charge is 0.443 e. The minimum absolute atomic E-state index is 0.136. The molecule has 1 aromatic rings. The fourth-order valence-electron chi connectivity index (χ4n) is 2.38. The maximum Gasteiger partial charge on any atom is 0.443 e. The number of carboxylic acid groups (broad SMARTS) is 1. The maximum atomic E-state index is 12.5. The van der Waals surface area contributed by atoms with Gasteiger partial charge in [-0.2, -0.15) is 13.2 Å². The summed E-state index contributed by atoms with van der Waals surface area (Å²) in [4.78, 5) is 26.4. The summed E-state index contributed by atoms with van der Waals surface area (Å²) in [5.74, 6) is -2.80. The van der Waals surface area contributed by atoms with Gasteiger partial charge < -0.3 is 15.2 Å². The Kier molecular flexibility index (Phi) is 5.58. The molecule has 1 saturated heterocycles. The number of carbonyl (C=O) groups is 2. The number of thiazole rings is 1. The van der Waals surface area contributed by atoms with Crippen molar-refractivity contribution in [3.05, 3.63) is 16.1 Å². The van der Waals surface area contributed by atoms with E-state index < -0.39 is 29.0 Å². The lowest BCUT2D eigenvalue weighted by Gasteiger charge is -2.27. The number of aliphatic carboxylic acids is 1. The highest BCUT2D eigenvalue weighted by Gasteiger charge is 2.35. The minimum Gasteiger partial charge on any atom is -0.481 e. The largest absolute Gasteiger partial charge is 0.481 e. The number of carbonyl (C=O) groups excluding carboxylic acids is 1. The summed E-state index contributed by atoms with van der Waals surface area (Å²) in [5.41, 5.74) is -0.363. The van der Waals surface area contributed by atoms with Gasteiger partial charge in [-0.1, -0.05) is 0 Å². The molecule has 2 rings (SSSR count). The van der Waals surface area contributed by atoms with Crippen molar-refractivity contribution in [1.29, 1.82) is 0 Å². The Bertz CT molecular complexity index is 570. The zero-order chi connectivity index (χ0) is 17.0. The monoisotopic (exact) mass is 352 g/mol. The van der Waals surface area contributed by atoms with Gasteiger partial charge in [-0.25, -0.2) is 4.98 Å². The number of amides is 1. The topological polar surface area (TPSA) is 88.5 Å². The number of hydrogen-bond donors (Lipinski definition) is 2. The number of rotatable bonds is 5. The summed E-state index contributed by atoms with van der Waals surface area (Å²) in [6.07, 6.45) is -3.46. The van der Waals surface area contributed by atoms with Gasteiger partial charge in [-0.3, -0.25) is 9.59 Å². The van der Waals surface area contributed by atoms with Crippen molar-refractivity contribution in [3.8, 4) is 0 Å². The average molecular weight is 352 g/mol. The van der Waals surface area contributed by atoms with Gasteiger partial charge in [0.25, 0.3) is 5.91 Å². The fraction of sp³-hybridized carbons (Fsp3) is 0.615. The number of alkyl halides is 3. The van der Waals surface area contributed by atoms with Gasteiger partial charge >= 0.3 is 12.1 Å². The third kappa shape index (κ3) is 4.64. The van der Waals surface area contributed by atoms with E-state index in [-0.39, 0.29) is 18.2 Å². The van der Waals surface area contributed by atoms with E-state index in [1.807, 2.05) is 0 Å². The van der Waals surface area contributed by atoms with Crippen LogP contribution in [0.2, 0.25) is 0 Å². The van der Waals surface area contributed by atoms with Crippen LogP contribution in [-0.4, -0.2) is 41.7 Å². The molecule has 0 aliphatic carbocycles. The highest BCUT2D eigenvalue weighted by atomic mass is 32.1. The number of halogens is 3. The molecule has 10 heteroatoms. The van der Waals surface area contributed by atoms with Crippen LogP contribution in [0.25, 0.3) is 0 Å². The van der Waals surface area contributed by atoms with Gasteiger partial charge in [0.1, 0.15) is 5.69 Å². The highest BCUT2D eigenvalue weighted by Crippen LogP contribution is 2.31. The molecule has 1 fully saturated rings. The molecule has 1 aliphatic rings. The minimum atomic E-state index is -4.60. The highest BCUT2D eigenvalue weighted by molar-refractivity contribution is 7.09. The molecule has 0 spiro atoms. The van der Waals surface area contributed by atoms with Gasteiger partial charge in [0, 0.05) is 25.1 Å². The van der Waals surface area contributed by atoms with E-state index in [4.69, 9.17) is 4.74 Å². The van der Waals surface area contributed by atoms with Crippen molar-refractivity contribution in [1.82, 2.24) is 10.3 Å². The number of ether oxygens (including phenoxy) is 1. The van der Waals surface area contributed by atoms with Crippen LogP contribution in [0.4, 0.5) is 13.2 Å². The second-order valence-corrected chi connectivity index (χ2v) is 6.00. The molecule has 1 aromatic heterocycles. The van der Waals surface area contributed by atoms with Crippen molar-refractivity contribution in [3.63, 3.8) is 0 Å². The number of hydrogen-bond acceptors (Lipinski definition) is 5. The van der Waals surface area contributed by atoms with Crippen LogP contribution in [0.5, 0.6) is 0 Å². The van der Waals surface area contributed by atoms with Gasteiger partial charge in [0.2, 0.25) is 0 Å². The summed E-state index contributed by atoms with van der Waals surface area (Å²) in [7, 11) is 0. The lowest BCUT2D eigenvalue weighted by Crippen LogP contribution is -2.39. The Morgan fingerprint density at radius 1 is 1.43 bits per heavy atom. The Balaban J connectivity index is 1.96. The van der Waals surface area contributed by atoms with Crippen molar-refractivity contribution in [2.45, 2.75) is 19.0 Å². The Labute approximate surface area is 133 Å². The molecule has 6 nitrogen and oxygen atoms in total. The van der Waals surface area contributed by atoms with Crippen LogP contribution in [0.1, 0.15) is 28.3 Å². The molecule has 0 aromatic carbocycles. The van der Waals surface area contributed by atoms with Crippen molar-refractivity contribution in [2.24, 2.45) is 11.8 Å². The number of nitrogens with zero attached hydrogens (tertiary/aromatic N) is 1. The van der Waals surface area contributed by atoms with Crippen molar-refractivity contribution < 1.29 is 32.6 Å². The van der Waals surface area contributed by atoms with Gasteiger partial charge in [0.15, 0.2) is 5.01 Å². The number of carboxylic acids is 1. The van der Waals surface area contributed by atoms with Gasteiger partial charge in [-0.15, -0.1) is 11.3 Å². The van der Waals surface area contributed by atoms with Crippen LogP contribution < -0.4 is 5.32 Å². The Morgan fingerprint density at radius 2 is 2.09 bits per heavy atom. The third-order valence-electron chi connectivity index (χ3n) is 3.61. The SMILES string of the molecule is O=C(NCC(C(=O)O)C1CCOCC1)c1csc(C(F)(F)F)n1. The molecule has 128 valence electrons. The summed E-state index contributed by atoms with van der Waals surface area (Å²) in [6.45, 7) is 0.768. The van der Waals surface area contributed by atoms with Crippen LogP contribution in [0, 0.1) is 11.8 Å². The third-order valence-corrected chi connectivity index (χ3v) is 4.50. The molecule has 0 saturated carbocycles. The average Bonchev–Trinajstić information content (AvgIpc) is 2.98. The van der Waals surface area contributed by atoms with E-state index in [0.717, 1.165) is 5.38 Å². The predicted molar refractivity (Wildman–Crippen MR) is 74.1 cm³/mol. The molecule has 1 atom stereocenters. The molecule has 1 aliphatic heterocycles. The number of aromatic nitrogens is 1. The van der Waals surface area contributed by atoms with E-state index in [2.05, 4.69) is 10.3 Å². The standard InChI is InChI=1S/C13H15F3N2O4S/c14-13(15,16)12-18-9(6-23-12)10(19)17-5-8(11(20)21)7-1-3-22-4-2-7/h6-8H,1-5H2,(H,17,19)(H,20,21). The molecule has 1 amide bonds. The normalized spacial score (nSPS) is 17.7. The second kappa shape index (κ2) is 7.26. The molecule has 1 unspecified atom stereocenters. The first-order valence-electron chi connectivity index (χ1n) is 6.90. The summed E-state index contributed by atoms with van der Waals surface area (Å²) in [6, 6.07) is 0. The van der Waals surface area contributed by atoms with E-state index in [9.17, 15) is 27.9 Å². The quantitative estimate of drug-likeness (QED) is 0.846. The lowest BCUT2D eigenvalue weighted by atomic mass is 9.86. The lowest BCUT2D eigenvalue weighted by molar-refractivity contribution is -0.144. The first kappa shape index (κ1) is 17.7. The summed E-state index contributed by atoms with van der Waals surface area (Å²) < 4.78 is 42.5. The van der Waals surface area contributed by atoms with Gasteiger partial charge in [0.05, 0.1) is 5.92 Å². The first-order chi connectivity index (χ1) is 10.8. The zero-order valence-corrected chi connectivity index (χ0v) is 12.7. The second-order valence-electron chi connectivity index (χ2n) is 5.14. The van der Waals surface area contributed by atoms with E-state index >= 15 is 0 Å². The molecule has 0 bridgehead atoms. The zero-order valence-electron chi connectivity index (χ0n) is 11.9. The molecular weight excluding hydrogens is 337 g/mol. The summed E-state index contributed by atoms with van der Waals surface area (Å²) >= 11 is 0.324. The van der Waals surface area contributed by atoms with Crippen LogP contribution in [-0.2, 0) is 15.7 Å². The van der Waals surface area contributed by atoms with E-state index in [0.29, 0.717) is 37.4 Å². The Hall–Kier alpha value is -1.68. The molecule has 2 heterocycles.